The molecular formula is C28H48N4O7S. The van der Waals surface area contributed by atoms with Gasteiger partial charge in [0.1, 0.15) is 23.2 Å². The second-order valence-corrected chi connectivity index (χ2v) is 14.8. The van der Waals surface area contributed by atoms with Gasteiger partial charge < -0.3 is 20.3 Å². The van der Waals surface area contributed by atoms with E-state index in [-0.39, 0.29) is 11.7 Å². The number of carbonyl (C=O) groups is 4. The molecule has 2 fully saturated rings. The third-order valence-corrected chi connectivity index (χ3v) is 8.60. The van der Waals surface area contributed by atoms with E-state index in [1.165, 1.54) is 4.90 Å². The highest BCUT2D eigenvalue weighted by Crippen LogP contribution is 2.46. The van der Waals surface area contributed by atoms with Gasteiger partial charge in [-0.05, 0) is 70.6 Å². The molecule has 12 heteroatoms. The summed E-state index contributed by atoms with van der Waals surface area (Å²) in [6, 6.07) is -1.81. The van der Waals surface area contributed by atoms with E-state index >= 15 is 0 Å². The summed E-state index contributed by atoms with van der Waals surface area (Å²) >= 11 is 0. The first kappa shape index (κ1) is 33.6. The molecule has 4 amide bonds. The maximum atomic E-state index is 13.7. The van der Waals surface area contributed by atoms with Crippen molar-refractivity contribution in [1.29, 1.82) is 0 Å². The lowest BCUT2D eigenvalue weighted by atomic mass is 9.85. The van der Waals surface area contributed by atoms with Gasteiger partial charge in [0, 0.05) is 6.54 Å². The number of nitrogens with one attached hydrogen (secondary N) is 3. The Bertz CT molecular complexity index is 1080. The summed E-state index contributed by atoms with van der Waals surface area (Å²) < 4.78 is 32.6. The number of sulfonamides is 1. The summed E-state index contributed by atoms with van der Waals surface area (Å²) in [5.41, 5.74) is -2.77. The van der Waals surface area contributed by atoms with Crippen molar-refractivity contribution >= 4 is 33.8 Å². The maximum absolute atomic E-state index is 13.7. The summed E-state index contributed by atoms with van der Waals surface area (Å²) in [7, 11) is -3.87. The molecule has 40 heavy (non-hydrogen) atoms. The number of carbonyl (C=O) groups excluding carboxylic acids is 4. The second-order valence-electron chi connectivity index (χ2n) is 12.9. The van der Waals surface area contributed by atoms with E-state index in [0.717, 1.165) is 0 Å². The molecule has 0 bridgehead atoms. The number of amides is 4. The molecule has 0 unspecified atom stereocenters. The van der Waals surface area contributed by atoms with Crippen LogP contribution in [0.25, 0.3) is 0 Å². The van der Waals surface area contributed by atoms with Gasteiger partial charge in [0.15, 0.2) is 0 Å². The first-order chi connectivity index (χ1) is 18.4. The largest absolute Gasteiger partial charge is 0.444 e. The fourth-order valence-corrected chi connectivity index (χ4v) is 6.17. The Morgan fingerprint density at radius 2 is 1.77 bits per heavy atom. The van der Waals surface area contributed by atoms with Crippen molar-refractivity contribution in [2.24, 2.45) is 11.3 Å². The molecule has 2 aliphatic rings. The molecule has 1 aliphatic heterocycles. The lowest BCUT2D eigenvalue weighted by molar-refractivity contribution is -0.143. The highest BCUT2D eigenvalue weighted by molar-refractivity contribution is 7.90. The minimum absolute atomic E-state index is 0.197. The van der Waals surface area contributed by atoms with Crippen LogP contribution in [0.5, 0.6) is 0 Å². The summed E-state index contributed by atoms with van der Waals surface area (Å²) in [6.45, 7) is 16.4. The van der Waals surface area contributed by atoms with Crippen molar-refractivity contribution in [3.8, 4) is 0 Å². The zero-order chi connectivity index (χ0) is 30.5. The number of hydrogen-bond acceptors (Lipinski definition) is 7. The zero-order valence-electron chi connectivity index (χ0n) is 25.1. The van der Waals surface area contributed by atoms with E-state index in [1.54, 1.807) is 26.8 Å². The molecule has 2 rings (SSSR count). The first-order valence-corrected chi connectivity index (χ1v) is 15.8. The minimum atomic E-state index is -3.87. The Kier molecular flexibility index (Phi) is 10.8. The summed E-state index contributed by atoms with van der Waals surface area (Å²) in [4.78, 5) is 54.3. The van der Waals surface area contributed by atoms with E-state index in [2.05, 4.69) is 21.9 Å². The van der Waals surface area contributed by atoms with Gasteiger partial charge in [-0.3, -0.25) is 19.1 Å². The van der Waals surface area contributed by atoms with Crippen molar-refractivity contribution in [2.75, 3.05) is 12.3 Å². The first-order valence-electron chi connectivity index (χ1n) is 14.1. The van der Waals surface area contributed by atoms with Crippen molar-refractivity contribution in [1.82, 2.24) is 20.3 Å². The third kappa shape index (κ3) is 8.94. The highest BCUT2D eigenvalue weighted by Gasteiger charge is 2.61. The molecule has 228 valence electrons. The van der Waals surface area contributed by atoms with E-state index in [0.29, 0.717) is 51.5 Å². The second kappa shape index (κ2) is 12.9. The molecule has 1 heterocycles. The summed E-state index contributed by atoms with van der Waals surface area (Å²) in [5, 5.41) is 5.48. The number of rotatable bonds is 12. The average molecular weight is 585 g/mol. The minimum Gasteiger partial charge on any atom is -0.444 e. The van der Waals surface area contributed by atoms with Gasteiger partial charge in [0.25, 0.3) is 5.91 Å². The predicted octanol–water partition coefficient (Wildman–Crippen LogP) is 3.00. The van der Waals surface area contributed by atoms with Crippen molar-refractivity contribution < 1.29 is 32.3 Å². The quantitative estimate of drug-likeness (QED) is 0.236. The normalized spacial score (nSPS) is 23.6. The van der Waals surface area contributed by atoms with Crippen LogP contribution >= 0.6 is 0 Å². The number of nitrogens with zero attached hydrogens (tertiary/aromatic N) is 1. The van der Waals surface area contributed by atoms with Gasteiger partial charge in [-0.15, -0.1) is 6.58 Å². The zero-order valence-corrected chi connectivity index (χ0v) is 25.9. The number of unbranched alkanes of at least 4 members (excludes halogenated alkanes) is 2. The van der Waals surface area contributed by atoms with Crippen molar-refractivity contribution in [2.45, 2.75) is 117 Å². The summed E-state index contributed by atoms with van der Waals surface area (Å²) in [5.74, 6) is -2.08. The van der Waals surface area contributed by atoms with Crippen LogP contribution in [0.3, 0.4) is 0 Å². The number of alkyl carbamates (subject to hydrolysis) is 1. The molecule has 3 N–H and O–H groups in total. The van der Waals surface area contributed by atoms with Gasteiger partial charge in [-0.25, -0.2) is 13.2 Å². The molecule has 1 aliphatic carbocycles. The lowest BCUT2D eigenvalue weighted by Crippen LogP contribution is -2.60. The Hall–Kier alpha value is -2.63. The smallest absolute Gasteiger partial charge is 0.408 e. The van der Waals surface area contributed by atoms with Gasteiger partial charge >= 0.3 is 6.09 Å². The van der Waals surface area contributed by atoms with Crippen LogP contribution < -0.4 is 15.4 Å². The van der Waals surface area contributed by atoms with Gasteiger partial charge in [0.2, 0.25) is 21.8 Å². The molecule has 0 aromatic heterocycles. The van der Waals surface area contributed by atoms with E-state index < -0.39 is 62.5 Å². The fraction of sp³-hybridized carbons (Fsp3) is 0.786. The number of likely N-dealkylation sites (tertiary alicyclic amines) is 1. The van der Waals surface area contributed by atoms with E-state index in [4.69, 9.17) is 4.74 Å². The van der Waals surface area contributed by atoms with Crippen LogP contribution in [0.1, 0.15) is 93.4 Å². The van der Waals surface area contributed by atoms with Crippen LogP contribution in [-0.2, 0) is 29.1 Å². The molecule has 0 aromatic carbocycles. The fourth-order valence-electron chi connectivity index (χ4n) is 5.02. The van der Waals surface area contributed by atoms with Crippen LogP contribution in [0.2, 0.25) is 0 Å². The average Bonchev–Trinajstić information content (AvgIpc) is 3.30. The topological polar surface area (TPSA) is 151 Å². The standard InChI is InChI=1S/C28H48N4O7S/c1-9-11-12-13-17-40(37,38)31-24(35)28(18-19(28)10-2)30-22(33)20-15-14-16-32(20)23(34)21(26(3,4)5)29-25(36)39-27(6,7)8/h9,19-21H,1,10-18H2,2-8H3,(H,29,36)(H,30,33)(H,31,35)/t19-,20+,21-,28-/m1/s1. The molecular weight excluding hydrogens is 536 g/mol. The van der Waals surface area contributed by atoms with Crippen molar-refractivity contribution in [3.63, 3.8) is 0 Å². The molecule has 4 atom stereocenters. The maximum Gasteiger partial charge on any atom is 0.408 e. The van der Waals surface area contributed by atoms with Crippen LogP contribution in [0.4, 0.5) is 4.79 Å². The molecule has 1 saturated heterocycles. The Morgan fingerprint density at radius 3 is 2.30 bits per heavy atom. The van der Waals surface area contributed by atoms with E-state index in [9.17, 15) is 27.6 Å². The molecule has 0 radical (unpaired) electrons. The monoisotopic (exact) mass is 584 g/mol. The predicted molar refractivity (Wildman–Crippen MR) is 153 cm³/mol. The SMILES string of the molecule is C=CCCCCS(=O)(=O)NC(=O)[C@@]1(NC(=O)[C@@H]2CCCN2C(=O)[C@@H](NC(=O)OC(C)(C)C)C(C)(C)C)C[C@H]1CC. The molecule has 0 spiro atoms. The van der Waals surface area contributed by atoms with E-state index in [1.807, 2.05) is 27.7 Å². The Morgan fingerprint density at radius 1 is 1.12 bits per heavy atom. The van der Waals surface area contributed by atoms with Gasteiger partial charge in [-0.2, -0.15) is 0 Å². The number of ether oxygens (including phenoxy) is 1. The Balaban J connectivity index is 2.16. The summed E-state index contributed by atoms with van der Waals surface area (Å²) in [6.07, 6.45) is 4.54. The van der Waals surface area contributed by atoms with Crippen LogP contribution in [0.15, 0.2) is 12.7 Å². The molecule has 11 nitrogen and oxygen atoms in total. The Labute approximate surface area is 239 Å². The molecule has 1 saturated carbocycles. The van der Waals surface area contributed by atoms with Gasteiger partial charge in [0.05, 0.1) is 5.75 Å². The lowest BCUT2D eigenvalue weighted by Gasteiger charge is -2.36. The number of allylic oxidation sites excluding steroid dienone is 1. The highest BCUT2D eigenvalue weighted by atomic mass is 32.2. The van der Waals surface area contributed by atoms with Crippen LogP contribution in [0, 0.1) is 11.3 Å². The van der Waals surface area contributed by atoms with Gasteiger partial charge in [-0.1, -0.05) is 40.2 Å². The van der Waals surface area contributed by atoms with Crippen LogP contribution in [-0.4, -0.2) is 72.7 Å². The van der Waals surface area contributed by atoms with Crippen molar-refractivity contribution in [3.05, 3.63) is 12.7 Å². The third-order valence-electron chi connectivity index (χ3n) is 7.28. The molecule has 0 aromatic rings. The number of hydrogen-bond donors (Lipinski definition) is 3.